The molecule has 71 heavy (non-hydrogen) atoms. The maximum atomic E-state index is 13.5. The maximum Gasteiger partial charge on any atom is 0.266 e. The number of nitrogens with one attached hydrogen (secondary N) is 3. The molecule has 378 valence electrons. The van der Waals surface area contributed by atoms with Crippen molar-refractivity contribution in [2.24, 2.45) is 5.92 Å². The van der Waals surface area contributed by atoms with E-state index in [1.165, 1.54) is 51.4 Å². The second-order valence-electron chi connectivity index (χ2n) is 19.9. The number of ether oxygens (including phenoxy) is 2. The Kier molecular flexibility index (Phi) is 15.9. The third-order valence-corrected chi connectivity index (χ3v) is 15.0. The van der Waals surface area contributed by atoms with E-state index in [-0.39, 0.29) is 42.0 Å². The van der Waals surface area contributed by atoms with Gasteiger partial charge in [-0.1, -0.05) is 70.8 Å². The third kappa shape index (κ3) is 11.1. The largest absolute Gasteiger partial charge is 0.495 e. The molecule has 18 nitrogen and oxygen atoms in total. The zero-order valence-corrected chi connectivity index (χ0v) is 41.5. The number of fused-ring (bicyclic) bond motifs is 4. The van der Waals surface area contributed by atoms with Gasteiger partial charge in [0, 0.05) is 37.7 Å². The van der Waals surface area contributed by atoms with Crippen LogP contribution in [-0.2, 0) is 9.59 Å². The van der Waals surface area contributed by atoms with Gasteiger partial charge in [-0.25, -0.2) is 4.98 Å². The number of amides is 5. The zero-order valence-electron chi connectivity index (χ0n) is 41.5. The molecule has 3 N–H and O–H groups in total. The molecule has 5 aliphatic rings. The smallest absolute Gasteiger partial charge is 0.266 e. The fourth-order valence-corrected chi connectivity index (χ4v) is 11.1. The van der Waals surface area contributed by atoms with Crippen LogP contribution < -0.4 is 30.3 Å². The summed E-state index contributed by atoms with van der Waals surface area (Å²) < 4.78 is 13.9. The van der Waals surface area contributed by atoms with Gasteiger partial charge in [-0.3, -0.25) is 38.8 Å². The Balaban J connectivity index is 0.665. The van der Waals surface area contributed by atoms with Crippen molar-refractivity contribution in [2.45, 2.75) is 148 Å². The summed E-state index contributed by atoms with van der Waals surface area (Å²) in [5.74, 6) is 2.36. The minimum Gasteiger partial charge on any atom is -0.495 e. The van der Waals surface area contributed by atoms with Gasteiger partial charge in [-0.05, 0) is 101 Å². The topological polar surface area (TPSA) is 206 Å². The Morgan fingerprint density at radius 3 is 2.37 bits per heavy atom. The van der Waals surface area contributed by atoms with Gasteiger partial charge >= 0.3 is 0 Å². The second-order valence-corrected chi connectivity index (χ2v) is 19.9. The lowest BCUT2D eigenvalue weighted by atomic mass is 9.88. The van der Waals surface area contributed by atoms with Gasteiger partial charge in [0.2, 0.25) is 17.8 Å². The highest BCUT2D eigenvalue weighted by molar-refractivity contribution is 6.24. The summed E-state index contributed by atoms with van der Waals surface area (Å²) in [5.41, 5.74) is 2.53. The van der Waals surface area contributed by atoms with Crippen molar-refractivity contribution in [1.82, 2.24) is 45.2 Å². The molecule has 0 radical (unpaired) electrons. The number of nitrogens with zero attached hydrogens (tertiary/aromatic N) is 8. The minimum absolute atomic E-state index is 0.0656. The third-order valence-electron chi connectivity index (χ3n) is 15.0. The number of rotatable bonds is 21. The molecule has 3 fully saturated rings. The van der Waals surface area contributed by atoms with Crippen LogP contribution in [0.5, 0.6) is 11.5 Å². The van der Waals surface area contributed by atoms with E-state index in [2.05, 4.69) is 47.4 Å². The number of imide groups is 2. The van der Waals surface area contributed by atoms with Crippen LogP contribution in [0.15, 0.2) is 42.6 Å². The monoisotopic (exact) mass is 972 g/mol. The fraction of sp³-hybridized carbons (Fsp3) is 0.566. The molecule has 9 rings (SSSR count). The van der Waals surface area contributed by atoms with Crippen molar-refractivity contribution in [1.29, 1.82) is 0 Å². The molecule has 2 aromatic carbocycles. The molecule has 2 aromatic heterocycles. The Morgan fingerprint density at radius 1 is 0.859 bits per heavy atom. The van der Waals surface area contributed by atoms with Crippen LogP contribution in [-0.4, -0.2) is 116 Å². The summed E-state index contributed by atoms with van der Waals surface area (Å²) in [4.78, 5) is 79.7. The number of likely N-dealkylation sites (tertiary alicyclic amines) is 1. The van der Waals surface area contributed by atoms with Crippen molar-refractivity contribution in [3.8, 4) is 17.2 Å². The highest BCUT2D eigenvalue weighted by atomic mass is 16.5. The summed E-state index contributed by atoms with van der Waals surface area (Å²) in [7, 11) is 1.61. The SMILES string of the molecule is CC[C@@H]1c2nnc(C)n2-c2cnc(Nc3ccc(C(=O)NC4CCN(CCCCCCCCCCOc5cccc6c5C(=O)N(C5CCC(=O)NC5=O)C6=O)CC4)cc3OC)nc2N1CC1CCCCC1. The number of carbonyl (C=O) groups is 5. The number of aryl methyl sites for hydroxylation is 1. The van der Waals surface area contributed by atoms with Crippen LogP contribution in [0.2, 0.25) is 0 Å². The van der Waals surface area contributed by atoms with Crippen molar-refractivity contribution in [3.63, 3.8) is 0 Å². The molecule has 0 bridgehead atoms. The average Bonchev–Trinajstić information content (AvgIpc) is 3.89. The molecule has 1 aliphatic carbocycles. The lowest BCUT2D eigenvalue weighted by molar-refractivity contribution is -0.136. The lowest BCUT2D eigenvalue weighted by Gasteiger charge is -2.39. The van der Waals surface area contributed by atoms with Crippen LogP contribution >= 0.6 is 0 Å². The van der Waals surface area contributed by atoms with Crippen LogP contribution in [0.1, 0.15) is 171 Å². The number of carbonyl (C=O) groups excluding carboxylic acids is 5. The van der Waals surface area contributed by atoms with E-state index in [4.69, 9.17) is 19.4 Å². The molecule has 4 aliphatic heterocycles. The first kappa shape index (κ1) is 49.5. The molecule has 1 unspecified atom stereocenters. The van der Waals surface area contributed by atoms with Crippen LogP contribution in [0.3, 0.4) is 0 Å². The van der Waals surface area contributed by atoms with E-state index in [1.54, 1.807) is 31.4 Å². The molecule has 0 spiro atoms. The number of piperidine rings is 2. The molecule has 6 heterocycles. The van der Waals surface area contributed by atoms with Gasteiger partial charge in [0.1, 0.15) is 29.1 Å². The predicted molar refractivity (Wildman–Crippen MR) is 267 cm³/mol. The first-order valence-corrected chi connectivity index (χ1v) is 26.1. The van der Waals surface area contributed by atoms with E-state index in [0.717, 1.165) is 106 Å². The minimum atomic E-state index is -1.00. The van der Waals surface area contributed by atoms with Gasteiger partial charge in [0.25, 0.3) is 17.7 Å². The van der Waals surface area contributed by atoms with Gasteiger partial charge in [-0.15, -0.1) is 10.2 Å². The Labute approximate surface area is 416 Å². The summed E-state index contributed by atoms with van der Waals surface area (Å²) in [6.45, 7) is 8.51. The van der Waals surface area contributed by atoms with Crippen molar-refractivity contribution in [2.75, 3.05) is 50.1 Å². The van der Waals surface area contributed by atoms with Gasteiger partial charge in [0.05, 0.1) is 42.8 Å². The molecule has 2 atom stereocenters. The first-order valence-electron chi connectivity index (χ1n) is 26.1. The summed E-state index contributed by atoms with van der Waals surface area (Å²) >= 11 is 0. The fourth-order valence-electron chi connectivity index (χ4n) is 11.1. The molecule has 2 saturated heterocycles. The quantitative estimate of drug-likeness (QED) is 0.0539. The van der Waals surface area contributed by atoms with E-state index in [1.807, 2.05) is 25.3 Å². The standard InChI is InChI=1S/C53H69N11O7/c1-4-40-48-60-59-34(2)63(48)42-32-54-53(58-47(42)62(40)33-35-17-12-11-13-18-35)56-39-22-21-36(31-44(39)70-3)49(66)55-37-25-28-61(29-26-37)27-14-9-7-5-6-8-10-15-30-71-43-20-16-19-38-46(43)52(69)64(51(38)68)41-23-24-45(65)57-50(41)67/h16,19-22,31-32,35,37,40-41H,4-15,17-18,23-30,33H2,1-3H3,(H,55,66)(H,54,56,58)(H,57,65,67)/t40-,41?/m1/s1. The second kappa shape index (κ2) is 22.8. The van der Waals surface area contributed by atoms with Gasteiger partial charge in [-0.2, -0.15) is 4.98 Å². The highest BCUT2D eigenvalue weighted by Crippen LogP contribution is 2.42. The van der Waals surface area contributed by atoms with E-state index in [9.17, 15) is 24.0 Å². The van der Waals surface area contributed by atoms with Gasteiger partial charge in [0.15, 0.2) is 11.6 Å². The van der Waals surface area contributed by atoms with Gasteiger partial charge < -0.3 is 29.9 Å². The number of anilines is 3. The normalized spacial score (nSPS) is 19.6. The molecular formula is C53H69N11O7. The van der Waals surface area contributed by atoms with Crippen molar-refractivity contribution >= 4 is 47.0 Å². The molecule has 4 aromatic rings. The van der Waals surface area contributed by atoms with E-state index < -0.39 is 29.7 Å². The summed E-state index contributed by atoms with van der Waals surface area (Å²) in [6.07, 6.45) is 19.9. The van der Waals surface area contributed by atoms with E-state index >= 15 is 0 Å². The molecule has 1 saturated carbocycles. The Bertz CT molecular complexity index is 2590. The van der Waals surface area contributed by atoms with Crippen LogP contribution in [0.25, 0.3) is 5.69 Å². The highest BCUT2D eigenvalue weighted by Gasteiger charge is 2.46. The number of hydrogen-bond donors (Lipinski definition) is 3. The van der Waals surface area contributed by atoms with Crippen molar-refractivity contribution in [3.05, 3.63) is 70.9 Å². The summed E-state index contributed by atoms with van der Waals surface area (Å²) in [5, 5.41) is 17.9. The maximum absolute atomic E-state index is 13.5. The lowest BCUT2D eigenvalue weighted by Crippen LogP contribution is -2.54. The Hall–Kier alpha value is -6.43. The number of unbranched alkanes of at least 4 members (excludes halogenated alkanes) is 7. The predicted octanol–water partition coefficient (Wildman–Crippen LogP) is 7.76. The van der Waals surface area contributed by atoms with E-state index in [0.29, 0.717) is 41.2 Å². The van der Waals surface area contributed by atoms with Crippen LogP contribution in [0, 0.1) is 12.8 Å². The first-order chi connectivity index (χ1) is 34.6. The van der Waals surface area contributed by atoms with Crippen LogP contribution in [0.4, 0.5) is 17.5 Å². The number of aromatic nitrogens is 5. The molecule has 18 heteroatoms. The molecular weight excluding hydrogens is 903 g/mol. The zero-order chi connectivity index (χ0) is 49.4. The number of methoxy groups -OCH3 is 1. The molecule has 5 amide bonds. The summed E-state index contributed by atoms with van der Waals surface area (Å²) in [6, 6.07) is 9.59. The average molecular weight is 972 g/mol. The number of benzene rings is 2. The number of hydrogen-bond acceptors (Lipinski definition) is 14. The van der Waals surface area contributed by atoms with Crippen molar-refractivity contribution < 1.29 is 33.4 Å². The Morgan fingerprint density at radius 2 is 1.62 bits per heavy atom.